The summed E-state index contributed by atoms with van der Waals surface area (Å²) >= 11 is 0. The lowest BCUT2D eigenvalue weighted by Gasteiger charge is -2.15. The SMILES string of the molecule is Fc1ccc(OC(F)(F)F)cc1-c1ccccc1OC(F)(F)F. The van der Waals surface area contributed by atoms with Crippen LogP contribution in [0, 0.1) is 5.82 Å². The minimum absolute atomic E-state index is 0.366. The lowest BCUT2D eigenvalue weighted by molar-refractivity contribution is -0.275. The van der Waals surface area contributed by atoms with Crippen LogP contribution in [0.15, 0.2) is 42.5 Å². The van der Waals surface area contributed by atoms with Gasteiger partial charge in [0, 0.05) is 11.1 Å². The van der Waals surface area contributed by atoms with Crippen molar-refractivity contribution in [3.8, 4) is 22.6 Å². The first kappa shape index (κ1) is 16.9. The number of rotatable bonds is 3. The summed E-state index contributed by atoms with van der Waals surface area (Å²) in [7, 11) is 0. The third-order valence-corrected chi connectivity index (χ3v) is 2.57. The molecule has 0 aliphatic heterocycles. The number of para-hydroxylation sites is 1. The Morgan fingerprint density at radius 3 is 1.91 bits per heavy atom. The maximum Gasteiger partial charge on any atom is 0.573 e. The fraction of sp³-hybridized carbons (Fsp3) is 0.143. The first-order chi connectivity index (χ1) is 10.6. The summed E-state index contributed by atoms with van der Waals surface area (Å²) in [5.74, 6) is -2.54. The summed E-state index contributed by atoms with van der Waals surface area (Å²) in [5.41, 5.74) is -0.887. The maximum atomic E-state index is 13.8. The first-order valence-corrected chi connectivity index (χ1v) is 5.95. The molecule has 0 aliphatic rings. The highest BCUT2D eigenvalue weighted by Crippen LogP contribution is 2.37. The normalized spacial score (nSPS) is 12.1. The van der Waals surface area contributed by atoms with Gasteiger partial charge in [-0.3, -0.25) is 0 Å². The first-order valence-electron chi connectivity index (χ1n) is 5.95. The minimum atomic E-state index is -5.04. The van der Waals surface area contributed by atoms with Crippen LogP contribution in [0.3, 0.4) is 0 Å². The van der Waals surface area contributed by atoms with E-state index in [2.05, 4.69) is 9.47 Å². The third-order valence-electron chi connectivity index (χ3n) is 2.57. The Hall–Kier alpha value is -2.45. The van der Waals surface area contributed by atoms with E-state index in [0.717, 1.165) is 12.1 Å². The molecular formula is C14H7F7O2. The molecule has 2 aromatic rings. The Morgan fingerprint density at radius 2 is 1.30 bits per heavy atom. The average Bonchev–Trinajstić information content (AvgIpc) is 2.38. The molecule has 0 amide bonds. The Bertz CT molecular complexity index is 692. The van der Waals surface area contributed by atoms with E-state index in [9.17, 15) is 30.7 Å². The quantitative estimate of drug-likeness (QED) is 0.707. The molecule has 2 aromatic carbocycles. The van der Waals surface area contributed by atoms with Gasteiger partial charge in [0.1, 0.15) is 17.3 Å². The molecule has 2 rings (SSSR count). The van der Waals surface area contributed by atoms with E-state index in [4.69, 9.17) is 0 Å². The van der Waals surface area contributed by atoms with Gasteiger partial charge in [-0.2, -0.15) is 0 Å². The molecule has 0 aromatic heterocycles. The van der Waals surface area contributed by atoms with Crippen LogP contribution in [-0.4, -0.2) is 12.7 Å². The molecule has 0 unspecified atom stereocenters. The number of ether oxygens (including phenoxy) is 2. The molecule has 9 heteroatoms. The van der Waals surface area contributed by atoms with Crippen LogP contribution in [0.25, 0.3) is 11.1 Å². The topological polar surface area (TPSA) is 18.5 Å². The zero-order chi connectivity index (χ0) is 17.3. The lowest BCUT2D eigenvalue weighted by Crippen LogP contribution is -2.18. The van der Waals surface area contributed by atoms with Crippen molar-refractivity contribution in [3.05, 3.63) is 48.3 Å². The molecular weight excluding hydrogens is 333 g/mol. The lowest BCUT2D eigenvalue weighted by atomic mass is 10.0. The third kappa shape index (κ3) is 4.76. The van der Waals surface area contributed by atoms with Gasteiger partial charge in [0.25, 0.3) is 0 Å². The van der Waals surface area contributed by atoms with Crippen LogP contribution < -0.4 is 9.47 Å². The van der Waals surface area contributed by atoms with E-state index < -0.39 is 35.6 Å². The fourth-order valence-corrected chi connectivity index (χ4v) is 1.81. The standard InChI is InChI=1S/C14H7F7O2/c15-11-6-5-8(22-13(16,17)18)7-10(11)9-3-1-2-4-12(9)23-14(19,20)21/h1-7H. The highest BCUT2D eigenvalue weighted by atomic mass is 19.4. The van der Waals surface area contributed by atoms with Crippen LogP contribution in [0.2, 0.25) is 0 Å². The molecule has 0 saturated carbocycles. The van der Waals surface area contributed by atoms with Gasteiger partial charge in [-0.1, -0.05) is 18.2 Å². The van der Waals surface area contributed by atoms with Crippen molar-refractivity contribution in [1.82, 2.24) is 0 Å². The van der Waals surface area contributed by atoms with Gasteiger partial charge in [0.15, 0.2) is 0 Å². The monoisotopic (exact) mass is 340 g/mol. The van der Waals surface area contributed by atoms with E-state index >= 15 is 0 Å². The molecule has 0 bridgehead atoms. The van der Waals surface area contributed by atoms with Crippen molar-refractivity contribution in [2.75, 3.05) is 0 Å². The molecule has 23 heavy (non-hydrogen) atoms. The Kier molecular flexibility index (Phi) is 4.39. The minimum Gasteiger partial charge on any atom is -0.406 e. The number of hydrogen-bond donors (Lipinski definition) is 0. The van der Waals surface area contributed by atoms with Crippen LogP contribution in [-0.2, 0) is 0 Å². The molecule has 2 nitrogen and oxygen atoms in total. The fourth-order valence-electron chi connectivity index (χ4n) is 1.81. The van der Waals surface area contributed by atoms with Crippen molar-refractivity contribution < 1.29 is 40.2 Å². The van der Waals surface area contributed by atoms with Crippen molar-refractivity contribution in [3.63, 3.8) is 0 Å². The van der Waals surface area contributed by atoms with E-state index in [1.807, 2.05) is 0 Å². The van der Waals surface area contributed by atoms with Crippen molar-refractivity contribution >= 4 is 0 Å². The van der Waals surface area contributed by atoms with Crippen LogP contribution in [0.4, 0.5) is 30.7 Å². The Balaban J connectivity index is 2.48. The summed E-state index contributed by atoms with van der Waals surface area (Å²) < 4.78 is 94.8. The maximum absolute atomic E-state index is 13.8. The predicted octanol–water partition coefficient (Wildman–Crippen LogP) is 5.29. The van der Waals surface area contributed by atoms with Gasteiger partial charge in [0.2, 0.25) is 0 Å². The molecule has 0 heterocycles. The van der Waals surface area contributed by atoms with Crippen molar-refractivity contribution in [2.45, 2.75) is 12.7 Å². The second kappa shape index (κ2) is 5.98. The molecule has 0 N–H and O–H groups in total. The molecule has 124 valence electrons. The zero-order valence-electron chi connectivity index (χ0n) is 11.0. The molecule has 0 spiro atoms. The number of hydrogen-bond acceptors (Lipinski definition) is 2. The molecule has 0 atom stereocenters. The van der Waals surface area contributed by atoms with Gasteiger partial charge in [-0.05, 0) is 24.3 Å². The molecule has 0 saturated heterocycles. The van der Waals surface area contributed by atoms with Gasteiger partial charge >= 0.3 is 12.7 Å². The smallest absolute Gasteiger partial charge is 0.406 e. The van der Waals surface area contributed by atoms with Crippen LogP contribution in [0.1, 0.15) is 0 Å². The van der Waals surface area contributed by atoms with Crippen molar-refractivity contribution in [2.24, 2.45) is 0 Å². The largest absolute Gasteiger partial charge is 0.573 e. The molecule has 0 aliphatic carbocycles. The van der Waals surface area contributed by atoms with E-state index in [1.165, 1.54) is 12.1 Å². The number of alkyl halides is 6. The Labute approximate surface area is 125 Å². The average molecular weight is 340 g/mol. The van der Waals surface area contributed by atoms with E-state index in [1.54, 1.807) is 0 Å². The number of halogens is 7. The van der Waals surface area contributed by atoms with Gasteiger partial charge in [-0.25, -0.2) is 4.39 Å². The van der Waals surface area contributed by atoms with Crippen LogP contribution in [0.5, 0.6) is 11.5 Å². The van der Waals surface area contributed by atoms with Crippen molar-refractivity contribution in [1.29, 1.82) is 0 Å². The summed E-state index contributed by atoms with van der Waals surface area (Å²) in [5, 5.41) is 0. The predicted molar refractivity (Wildman–Crippen MR) is 65.2 cm³/mol. The van der Waals surface area contributed by atoms with Gasteiger partial charge in [0.05, 0.1) is 0 Å². The van der Waals surface area contributed by atoms with E-state index in [0.29, 0.717) is 18.2 Å². The Morgan fingerprint density at radius 1 is 0.696 bits per heavy atom. The van der Waals surface area contributed by atoms with E-state index in [-0.39, 0.29) is 5.56 Å². The summed E-state index contributed by atoms with van der Waals surface area (Å²) in [6.07, 6.45) is -10.1. The second-order valence-corrected chi connectivity index (χ2v) is 4.23. The summed E-state index contributed by atoms with van der Waals surface area (Å²) in [4.78, 5) is 0. The van der Waals surface area contributed by atoms with Gasteiger partial charge < -0.3 is 9.47 Å². The number of benzene rings is 2. The molecule has 0 radical (unpaired) electrons. The highest BCUT2D eigenvalue weighted by Gasteiger charge is 2.33. The second-order valence-electron chi connectivity index (χ2n) is 4.23. The summed E-state index contributed by atoms with van der Waals surface area (Å²) in [6, 6.07) is 6.49. The zero-order valence-corrected chi connectivity index (χ0v) is 11.0. The summed E-state index contributed by atoms with van der Waals surface area (Å²) in [6.45, 7) is 0. The van der Waals surface area contributed by atoms with Gasteiger partial charge in [-0.15, -0.1) is 26.3 Å². The highest BCUT2D eigenvalue weighted by molar-refractivity contribution is 5.72. The molecule has 0 fully saturated rings. The van der Waals surface area contributed by atoms with Crippen LogP contribution >= 0.6 is 0 Å².